The van der Waals surface area contributed by atoms with Crippen LogP contribution in [0.3, 0.4) is 0 Å². The number of rotatable bonds is 4. The van der Waals surface area contributed by atoms with Crippen molar-refractivity contribution in [3.63, 3.8) is 0 Å². The summed E-state index contributed by atoms with van der Waals surface area (Å²) in [5.74, 6) is 0.813. The zero-order valence-corrected chi connectivity index (χ0v) is 13.7. The van der Waals surface area contributed by atoms with Crippen LogP contribution in [0.15, 0.2) is 24.3 Å². The fourth-order valence-corrected chi connectivity index (χ4v) is 3.44. The molecular weight excluding hydrogens is 242 g/mol. The molecule has 1 atom stereocenters. The van der Waals surface area contributed by atoms with Crippen molar-refractivity contribution in [2.45, 2.75) is 71.3 Å². The van der Waals surface area contributed by atoms with E-state index >= 15 is 0 Å². The molecule has 1 saturated carbocycles. The lowest BCUT2D eigenvalue weighted by Gasteiger charge is -2.27. The van der Waals surface area contributed by atoms with Crippen molar-refractivity contribution in [3.8, 4) is 0 Å². The van der Waals surface area contributed by atoms with Crippen molar-refractivity contribution in [1.82, 2.24) is 5.32 Å². The number of hydrogen-bond donors (Lipinski definition) is 1. The molecule has 2 rings (SSSR count). The molecule has 0 saturated heterocycles. The van der Waals surface area contributed by atoms with E-state index in [1.807, 2.05) is 0 Å². The molecule has 0 aliphatic heterocycles. The molecule has 1 aromatic carbocycles. The van der Waals surface area contributed by atoms with Gasteiger partial charge in [-0.05, 0) is 48.8 Å². The van der Waals surface area contributed by atoms with Crippen molar-refractivity contribution in [3.05, 3.63) is 35.4 Å². The Morgan fingerprint density at radius 2 is 1.65 bits per heavy atom. The predicted molar refractivity (Wildman–Crippen MR) is 88.1 cm³/mol. The maximum Gasteiger partial charge on any atom is 0.0322 e. The largest absolute Gasteiger partial charge is 0.313 e. The SMILES string of the molecule is CNC(CC(C)(C)C)c1ccc(C2CCCCC2)cc1. The van der Waals surface area contributed by atoms with E-state index in [0.29, 0.717) is 11.5 Å². The van der Waals surface area contributed by atoms with Crippen LogP contribution in [0.2, 0.25) is 0 Å². The van der Waals surface area contributed by atoms with Gasteiger partial charge in [-0.15, -0.1) is 0 Å². The van der Waals surface area contributed by atoms with E-state index in [4.69, 9.17) is 0 Å². The van der Waals surface area contributed by atoms with Gasteiger partial charge < -0.3 is 5.32 Å². The van der Waals surface area contributed by atoms with Crippen molar-refractivity contribution in [2.24, 2.45) is 5.41 Å². The summed E-state index contributed by atoms with van der Waals surface area (Å²) in [5.41, 5.74) is 3.34. The molecule has 0 bridgehead atoms. The minimum atomic E-state index is 0.357. The van der Waals surface area contributed by atoms with Crippen molar-refractivity contribution in [2.75, 3.05) is 7.05 Å². The molecule has 1 heteroatoms. The zero-order chi connectivity index (χ0) is 14.6. The van der Waals surface area contributed by atoms with Gasteiger partial charge in [0.1, 0.15) is 0 Å². The first-order valence-corrected chi connectivity index (χ1v) is 8.27. The lowest BCUT2D eigenvalue weighted by atomic mass is 9.82. The minimum Gasteiger partial charge on any atom is -0.313 e. The summed E-state index contributed by atoms with van der Waals surface area (Å²) in [5, 5.41) is 3.47. The van der Waals surface area contributed by atoms with Gasteiger partial charge in [0, 0.05) is 6.04 Å². The highest BCUT2D eigenvalue weighted by molar-refractivity contribution is 5.28. The Hall–Kier alpha value is -0.820. The first kappa shape index (κ1) is 15.6. The van der Waals surface area contributed by atoms with Gasteiger partial charge in [0.05, 0.1) is 0 Å². The first-order valence-electron chi connectivity index (χ1n) is 8.27. The molecular formula is C19H31N. The third kappa shape index (κ3) is 4.34. The van der Waals surface area contributed by atoms with Crippen LogP contribution in [-0.2, 0) is 0 Å². The lowest BCUT2D eigenvalue weighted by Crippen LogP contribution is -2.22. The van der Waals surface area contributed by atoms with E-state index in [2.05, 4.69) is 57.4 Å². The Morgan fingerprint density at radius 3 is 2.15 bits per heavy atom. The van der Waals surface area contributed by atoms with Gasteiger partial charge in [-0.25, -0.2) is 0 Å². The lowest BCUT2D eigenvalue weighted by molar-refractivity contribution is 0.320. The Bertz CT molecular complexity index is 393. The molecule has 112 valence electrons. The summed E-state index contributed by atoms with van der Waals surface area (Å²) >= 11 is 0. The van der Waals surface area contributed by atoms with E-state index < -0.39 is 0 Å². The van der Waals surface area contributed by atoms with Crippen molar-refractivity contribution < 1.29 is 0 Å². The first-order chi connectivity index (χ1) is 9.49. The highest BCUT2D eigenvalue weighted by Gasteiger charge is 2.20. The molecule has 0 heterocycles. The van der Waals surface area contributed by atoms with Gasteiger partial charge in [-0.3, -0.25) is 0 Å². The molecule has 1 N–H and O–H groups in total. The number of benzene rings is 1. The Balaban J connectivity index is 2.06. The molecule has 1 fully saturated rings. The molecule has 1 aliphatic rings. The van der Waals surface area contributed by atoms with Crippen LogP contribution in [0.4, 0.5) is 0 Å². The molecule has 1 aliphatic carbocycles. The molecule has 0 aromatic heterocycles. The second kappa shape index (κ2) is 6.76. The third-order valence-electron chi connectivity index (χ3n) is 4.58. The van der Waals surface area contributed by atoms with Crippen LogP contribution in [0.25, 0.3) is 0 Å². The minimum absolute atomic E-state index is 0.357. The third-order valence-corrected chi connectivity index (χ3v) is 4.58. The van der Waals surface area contributed by atoms with E-state index in [1.165, 1.54) is 44.1 Å². The topological polar surface area (TPSA) is 12.0 Å². The van der Waals surface area contributed by atoms with Crippen molar-refractivity contribution >= 4 is 0 Å². The van der Waals surface area contributed by atoms with Crippen LogP contribution in [0, 0.1) is 5.41 Å². The average Bonchev–Trinajstić information content (AvgIpc) is 2.45. The van der Waals surface area contributed by atoms with Crippen LogP contribution in [0.5, 0.6) is 0 Å². The summed E-state index contributed by atoms with van der Waals surface area (Å²) in [6.07, 6.45) is 8.20. The van der Waals surface area contributed by atoms with Crippen molar-refractivity contribution in [1.29, 1.82) is 0 Å². The van der Waals surface area contributed by atoms with Crippen LogP contribution in [0.1, 0.15) is 82.4 Å². The highest BCUT2D eigenvalue weighted by atomic mass is 14.9. The Kier molecular flexibility index (Phi) is 5.26. The predicted octanol–water partition coefficient (Wildman–Crippen LogP) is 5.43. The smallest absolute Gasteiger partial charge is 0.0322 e. The second-order valence-electron chi connectivity index (χ2n) is 7.61. The monoisotopic (exact) mass is 273 g/mol. The summed E-state index contributed by atoms with van der Waals surface area (Å²) in [7, 11) is 2.07. The maximum absolute atomic E-state index is 3.47. The van der Waals surface area contributed by atoms with E-state index in [9.17, 15) is 0 Å². The average molecular weight is 273 g/mol. The second-order valence-corrected chi connectivity index (χ2v) is 7.61. The maximum atomic E-state index is 3.47. The van der Waals surface area contributed by atoms with Gasteiger partial charge in [0.2, 0.25) is 0 Å². The summed E-state index contributed by atoms with van der Waals surface area (Å²) in [6.45, 7) is 6.94. The van der Waals surface area contributed by atoms with Gasteiger partial charge in [0.15, 0.2) is 0 Å². The van der Waals surface area contributed by atoms with Crippen LogP contribution in [-0.4, -0.2) is 7.05 Å². The summed E-state index contributed by atoms with van der Waals surface area (Å²) in [6, 6.07) is 9.90. The molecule has 1 unspecified atom stereocenters. The normalized spacial score (nSPS) is 19.0. The highest BCUT2D eigenvalue weighted by Crippen LogP contribution is 2.34. The number of nitrogens with one attached hydrogen (secondary N) is 1. The van der Waals surface area contributed by atoms with Gasteiger partial charge in [-0.2, -0.15) is 0 Å². The fraction of sp³-hybridized carbons (Fsp3) is 0.684. The summed E-state index contributed by atoms with van der Waals surface area (Å²) < 4.78 is 0. The van der Waals surface area contributed by atoms with Crippen LogP contribution >= 0.6 is 0 Å². The Morgan fingerprint density at radius 1 is 1.05 bits per heavy atom. The summed E-state index contributed by atoms with van der Waals surface area (Å²) in [4.78, 5) is 0. The molecule has 1 aromatic rings. The van der Waals surface area contributed by atoms with E-state index in [1.54, 1.807) is 5.56 Å². The quantitative estimate of drug-likeness (QED) is 0.771. The van der Waals surface area contributed by atoms with Gasteiger partial charge >= 0.3 is 0 Å². The fourth-order valence-electron chi connectivity index (χ4n) is 3.44. The molecule has 0 radical (unpaired) electrons. The van der Waals surface area contributed by atoms with E-state index in [0.717, 1.165) is 5.92 Å². The molecule has 0 amide bonds. The molecule has 1 nitrogen and oxygen atoms in total. The van der Waals surface area contributed by atoms with E-state index in [-0.39, 0.29) is 0 Å². The molecule has 20 heavy (non-hydrogen) atoms. The van der Waals surface area contributed by atoms with Crippen LogP contribution < -0.4 is 5.32 Å². The standard InChI is InChI=1S/C19H31N/c1-19(2,3)14-18(20-4)17-12-10-16(11-13-17)15-8-6-5-7-9-15/h10-13,15,18,20H,5-9,14H2,1-4H3. The van der Waals surface area contributed by atoms with Gasteiger partial charge in [-0.1, -0.05) is 64.3 Å². The molecule has 0 spiro atoms. The van der Waals surface area contributed by atoms with Gasteiger partial charge in [0.25, 0.3) is 0 Å². The number of hydrogen-bond acceptors (Lipinski definition) is 1. The Labute approximate surface area is 125 Å². The zero-order valence-electron chi connectivity index (χ0n) is 13.7.